The van der Waals surface area contributed by atoms with E-state index in [1.807, 2.05) is 12.1 Å². The Bertz CT molecular complexity index is 732. The second-order valence-electron chi connectivity index (χ2n) is 5.01. The number of esters is 1. The third-order valence-electron chi connectivity index (χ3n) is 3.12. The molecule has 0 bridgehead atoms. The van der Waals surface area contributed by atoms with E-state index in [2.05, 4.69) is 21.2 Å². The second-order valence-corrected chi connectivity index (χ2v) is 5.92. The summed E-state index contributed by atoms with van der Waals surface area (Å²) in [5, 5.41) is 2.77. The lowest BCUT2D eigenvalue weighted by molar-refractivity contribution is -0.122. The number of rotatable bonds is 6. The Balaban J connectivity index is 2.01. The fourth-order valence-corrected chi connectivity index (χ4v) is 2.38. The first-order valence-electron chi connectivity index (χ1n) is 7.50. The molecule has 2 rings (SSSR count). The molecule has 0 aliphatic carbocycles. The van der Waals surface area contributed by atoms with E-state index < -0.39 is 12.1 Å². The Hall–Kier alpha value is -2.34. The zero-order valence-electron chi connectivity index (χ0n) is 13.4. The molecule has 0 radical (unpaired) electrons. The predicted molar refractivity (Wildman–Crippen MR) is 95.3 cm³/mol. The van der Waals surface area contributed by atoms with Gasteiger partial charge >= 0.3 is 5.97 Å². The van der Waals surface area contributed by atoms with Crippen molar-refractivity contribution in [3.8, 4) is 5.75 Å². The molecule has 5 nitrogen and oxygen atoms in total. The van der Waals surface area contributed by atoms with E-state index in [1.165, 1.54) is 0 Å². The van der Waals surface area contributed by atoms with Gasteiger partial charge in [-0.05, 0) is 50.2 Å². The normalized spacial score (nSPS) is 11.5. The summed E-state index contributed by atoms with van der Waals surface area (Å²) in [5.41, 5.74) is 1.05. The van der Waals surface area contributed by atoms with Crippen LogP contribution in [0.2, 0.25) is 0 Å². The third-order valence-corrected chi connectivity index (χ3v) is 3.61. The number of hydrogen-bond acceptors (Lipinski definition) is 4. The Morgan fingerprint density at radius 1 is 1.17 bits per heavy atom. The smallest absolute Gasteiger partial charge is 0.338 e. The predicted octanol–water partition coefficient (Wildman–Crippen LogP) is 4.03. The van der Waals surface area contributed by atoms with Crippen LogP contribution in [0.4, 0.5) is 5.69 Å². The van der Waals surface area contributed by atoms with Crippen LogP contribution in [0.25, 0.3) is 0 Å². The van der Waals surface area contributed by atoms with Crippen molar-refractivity contribution in [2.45, 2.75) is 20.0 Å². The molecule has 0 saturated carbocycles. The van der Waals surface area contributed by atoms with Gasteiger partial charge in [0.2, 0.25) is 0 Å². The third kappa shape index (κ3) is 5.09. The van der Waals surface area contributed by atoms with Gasteiger partial charge in [0.1, 0.15) is 5.75 Å². The fraction of sp³-hybridized carbons (Fsp3) is 0.222. The molecular weight excluding hydrogens is 374 g/mol. The molecule has 1 N–H and O–H groups in total. The van der Waals surface area contributed by atoms with Crippen LogP contribution in [0, 0.1) is 0 Å². The SMILES string of the molecule is CCOC(=O)c1cccc(O[C@H](C)C(=O)Nc2cccc(Br)c2)c1. The van der Waals surface area contributed by atoms with Crippen LogP contribution in [-0.4, -0.2) is 24.6 Å². The van der Waals surface area contributed by atoms with Crippen molar-refractivity contribution >= 4 is 33.5 Å². The molecule has 0 heterocycles. The minimum Gasteiger partial charge on any atom is -0.481 e. The van der Waals surface area contributed by atoms with Gasteiger partial charge in [-0.3, -0.25) is 4.79 Å². The van der Waals surface area contributed by atoms with Crippen molar-refractivity contribution in [3.05, 3.63) is 58.6 Å². The van der Waals surface area contributed by atoms with Crippen molar-refractivity contribution < 1.29 is 19.1 Å². The lowest BCUT2D eigenvalue weighted by Crippen LogP contribution is -2.30. The molecule has 0 aromatic heterocycles. The molecule has 6 heteroatoms. The van der Waals surface area contributed by atoms with Crippen molar-refractivity contribution in [3.63, 3.8) is 0 Å². The monoisotopic (exact) mass is 391 g/mol. The number of nitrogens with one attached hydrogen (secondary N) is 1. The maximum Gasteiger partial charge on any atom is 0.338 e. The minimum atomic E-state index is -0.721. The number of carbonyl (C=O) groups excluding carboxylic acids is 2. The summed E-state index contributed by atoms with van der Waals surface area (Å²) in [7, 11) is 0. The number of halogens is 1. The quantitative estimate of drug-likeness (QED) is 0.754. The van der Waals surface area contributed by atoms with Crippen LogP contribution in [0.3, 0.4) is 0 Å². The summed E-state index contributed by atoms with van der Waals surface area (Å²) in [6, 6.07) is 13.8. The number of amides is 1. The first kappa shape index (κ1) is 18.0. The van der Waals surface area contributed by atoms with E-state index >= 15 is 0 Å². The summed E-state index contributed by atoms with van der Waals surface area (Å²) in [5.74, 6) is -0.277. The number of hydrogen-bond donors (Lipinski definition) is 1. The van der Waals surface area contributed by atoms with Gasteiger partial charge in [-0.25, -0.2) is 4.79 Å². The van der Waals surface area contributed by atoms with E-state index in [0.29, 0.717) is 23.6 Å². The average molecular weight is 392 g/mol. The number of benzene rings is 2. The summed E-state index contributed by atoms with van der Waals surface area (Å²) in [6.07, 6.45) is -0.721. The first-order chi connectivity index (χ1) is 11.5. The molecule has 0 spiro atoms. The highest BCUT2D eigenvalue weighted by Crippen LogP contribution is 2.18. The van der Waals surface area contributed by atoms with E-state index in [4.69, 9.17) is 9.47 Å². The molecule has 0 unspecified atom stereocenters. The van der Waals surface area contributed by atoms with Gasteiger partial charge in [0.25, 0.3) is 5.91 Å². The van der Waals surface area contributed by atoms with Crippen molar-refractivity contribution in [1.82, 2.24) is 0 Å². The van der Waals surface area contributed by atoms with Crippen LogP contribution in [0.5, 0.6) is 5.75 Å². The maximum absolute atomic E-state index is 12.2. The minimum absolute atomic E-state index is 0.283. The molecule has 2 aromatic carbocycles. The average Bonchev–Trinajstić information content (AvgIpc) is 2.55. The molecule has 0 aliphatic rings. The molecule has 1 amide bonds. The van der Waals surface area contributed by atoms with Crippen molar-refractivity contribution in [2.75, 3.05) is 11.9 Å². The lowest BCUT2D eigenvalue weighted by atomic mass is 10.2. The molecule has 24 heavy (non-hydrogen) atoms. The molecular formula is C18H18BrNO4. The molecule has 0 fully saturated rings. The van der Waals surface area contributed by atoms with E-state index in [9.17, 15) is 9.59 Å². The Kier molecular flexibility index (Phi) is 6.37. The number of carbonyl (C=O) groups is 2. The fourth-order valence-electron chi connectivity index (χ4n) is 1.98. The van der Waals surface area contributed by atoms with Gasteiger partial charge in [-0.1, -0.05) is 28.1 Å². The summed E-state index contributed by atoms with van der Waals surface area (Å²) in [4.78, 5) is 23.9. The highest BCUT2D eigenvalue weighted by molar-refractivity contribution is 9.10. The molecule has 0 aliphatic heterocycles. The summed E-state index contributed by atoms with van der Waals surface area (Å²) < 4.78 is 11.4. The number of anilines is 1. The summed E-state index contributed by atoms with van der Waals surface area (Å²) in [6.45, 7) is 3.69. The van der Waals surface area contributed by atoms with Gasteiger partial charge in [0.15, 0.2) is 6.10 Å². The van der Waals surface area contributed by atoms with Crippen LogP contribution in [-0.2, 0) is 9.53 Å². The Morgan fingerprint density at radius 2 is 1.92 bits per heavy atom. The zero-order chi connectivity index (χ0) is 17.5. The molecule has 1 atom stereocenters. The lowest BCUT2D eigenvalue weighted by Gasteiger charge is -2.15. The Morgan fingerprint density at radius 3 is 2.62 bits per heavy atom. The second kappa shape index (κ2) is 8.49. The highest BCUT2D eigenvalue weighted by Gasteiger charge is 2.16. The van der Waals surface area contributed by atoms with E-state index in [-0.39, 0.29) is 5.91 Å². The topological polar surface area (TPSA) is 64.6 Å². The molecule has 0 saturated heterocycles. The maximum atomic E-state index is 12.2. The van der Waals surface area contributed by atoms with Gasteiger partial charge in [-0.15, -0.1) is 0 Å². The van der Waals surface area contributed by atoms with E-state index in [1.54, 1.807) is 50.2 Å². The van der Waals surface area contributed by atoms with E-state index in [0.717, 1.165) is 4.47 Å². The van der Waals surface area contributed by atoms with Crippen molar-refractivity contribution in [1.29, 1.82) is 0 Å². The van der Waals surface area contributed by atoms with Crippen LogP contribution in [0.15, 0.2) is 53.0 Å². The number of ether oxygens (including phenoxy) is 2. The van der Waals surface area contributed by atoms with Crippen LogP contribution >= 0.6 is 15.9 Å². The van der Waals surface area contributed by atoms with Crippen LogP contribution < -0.4 is 10.1 Å². The zero-order valence-corrected chi connectivity index (χ0v) is 15.0. The molecule has 126 valence electrons. The van der Waals surface area contributed by atoms with Gasteiger partial charge in [0, 0.05) is 10.2 Å². The molecule has 2 aromatic rings. The van der Waals surface area contributed by atoms with Crippen molar-refractivity contribution in [2.24, 2.45) is 0 Å². The van der Waals surface area contributed by atoms with Gasteiger partial charge < -0.3 is 14.8 Å². The highest BCUT2D eigenvalue weighted by atomic mass is 79.9. The Labute approximate surface area is 149 Å². The standard InChI is InChI=1S/C18H18BrNO4/c1-3-23-18(22)13-6-4-9-16(10-13)24-12(2)17(21)20-15-8-5-7-14(19)11-15/h4-12H,3H2,1-2H3,(H,20,21)/t12-/m1/s1. The summed E-state index contributed by atoms with van der Waals surface area (Å²) >= 11 is 3.35. The first-order valence-corrected chi connectivity index (χ1v) is 8.29. The van der Waals surface area contributed by atoms with Gasteiger partial charge in [0.05, 0.1) is 12.2 Å². The largest absolute Gasteiger partial charge is 0.481 e. The van der Waals surface area contributed by atoms with Gasteiger partial charge in [-0.2, -0.15) is 0 Å². The van der Waals surface area contributed by atoms with Crippen LogP contribution in [0.1, 0.15) is 24.2 Å².